The first kappa shape index (κ1) is 32.1. The standard InChI is InChI=1S/C33H33Cl2N3O4S/c1-3-36-33(40)31(21-25-12-5-4-6-13-25)37(22-26-14-8-9-15-29(26)35)32(39)23-38(30-16-10-7-11-24(30)2)43(41,42)28-19-17-27(34)18-20-28/h4-20,31H,3,21-23H2,1-2H3,(H,36,40)/t31-/m0/s1. The van der Waals surface area contributed by atoms with Crippen LogP contribution in [0.5, 0.6) is 0 Å². The number of benzene rings is 4. The predicted octanol–water partition coefficient (Wildman–Crippen LogP) is 6.27. The van der Waals surface area contributed by atoms with Gasteiger partial charge in [0, 0.05) is 29.6 Å². The van der Waals surface area contributed by atoms with Gasteiger partial charge in [0.15, 0.2) is 0 Å². The Balaban J connectivity index is 1.81. The van der Waals surface area contributed by atoms with Gasteiger partial charge in [0.1, 0.15) is 12.6 Å². The van der Waals surface area contributed by atoms with Crippen molar-refractivity contribution < 1.29 is 18.0 Å². The van der Waals surface area contributed by atoms with Gasteiger partial charge < -0.3 is 10.2 Å². The normalized spacial score (nSPS) is 11.9. The number of para-hydroxylation sites is 1. The summed E-state index contributed by atoms with van der Waals surface area (Å²) in [5, 5.41) is 3.66. The molecule has 0 aromatic heterocycles. The maximum absolute atomic E-state index is 14.4. The molecule has 43 heavy (non-hydrogen) atoms. The summed E-state index contributed by atoms with van der Waals surface area (Å²) >= 11 is 12.5. The van der Waals surface area contributed by atoms with E-state index in [-0.39, 0.29) is 23.8 Å². The summed E-state index contributed by atoms with van der Waals surface area (Å²) in [4.78, 5) is 29.3. The molecule has 0 heterocycles. The molecule has 0 fully saturated rings. The number of sulfonamides is 1. The lowest BCUT2D eigenvalue weighted by Gasteiger charge is -2.34. The molecule has 0 aliphatic carbocycles. The van der Waals surface area contributed by atoms with Gasteiger partial charge in [-0.2, -0.15) is 0 Å². The fourth-order valence-electron chi connectivity index (χ4n) is 4.75. The van der Waals surface area contributed by atoms with Crippen molar-refractivity contribution in [2.24, 2.45) is 0 Å². The molecular formula is C33H33Cl2N3O4S. The largest absolute Gasteiger partial charge is 0.355 e. The van der Waals surface area contributed by atoms with E-state index >= 15 is 0 Å². The Kier molecular flexibility index (Phi) is 10.9. The van der Waals surface area contributed by atoms with E-state index < -0.39 is 28.5 Å². The highest BCUT2D eigenvalue weighted by atomic mass is 35.5. The van der Waals surface area contributed by atoms with E-state index in [9.17, 15) is 18.0 Å². The number of amides is 2. The van der Waals surface area contributed by atoms with Crippen LogP contribution >= 0.6 is 23.2 Å². The van der Waals surface area contributed by atoms with Crippen LogP contribution in [0.25, 0.3) is 0 Å². The number of anilines is 1. The summed E-state index contributed by atoms with van der Waals surface area (Å²) in [6.45, 7) is 3.38. The number of halogens is 2. The lowest BCUT2D eigenvalue weighted by molar-refractivity contribution is -0.140. The Morgan fingerprint density at radius 3 is 2.12 bits per heavy atom. The van der Waals surface area contributed by atoms with E-state index in [1.54, 1.807) is 62.4 Å². The fraction of sp³-hybridized carbons (Fsp3) is 0.212. The van der Waals surface area contributed by atoms with E-state index in [0.717, 1.165) is 9.87 Å². The topological polar surface area (TPSA) is 86.8 Å². The third-order valence-electron chi connectivity index (χ3n) is 6.99. The second kappa shape index (κ2) is 14.6. The van der Waals surface area contributed by atoms with Crippen LogP contribution in [0.4, 0.5) is 5.69 Å². The summed E-state index contributed by atoms with van der Waals surface area (Å²) in [7, 11) is -4.22. The summed E-state index contributed by atoms with van der Waals surface area (Å²) < 4.78 is 29.2. The van der Waals surface area contributed by atoms with Crippen LogP contribution in [0, 0.1) is 6.92 Å². The van der Waals surface area contributed by atoms with Gasteiger partial charge in [-0.15, -0.1) is 0 Å². The van der Waals surface area contributed by atoms with Crippen LogP contribution in [-0.4, -0.2) is 44.3 Å². The summed E-state index contributed by atoms with van der Waals surface area (Å²) in [6.07, 6.45) is 0.219. The smallest absolute Gasteiger partial charge is 0.264 e. The maximum Gasteiger partial charge on any atom is 0.264 e. The quantitative estimate of drug-likeness (QED) is 0.198. The molecule has 0 aliphatic rings. The number of hydrogen-bond donors (Lipinski definition) is 1. The SMILES string of the molecule is CCNC(=O)[C@H](Cc1ccccc1)N(Cc1ccccc1Cl)C(=O)CN(c1ccccc1C)S(=O)(=O)c1ccc(Cl)cc1. The van der Waals surface area contributed by atoms with Crippen LogP contribution < -0.4 is 9.62 Å². The van der Waals surface area contributed by atoms with Crippen molar-refractivity contribution in [3.63, 3.8) is 0 Å². The average Bonchev–Trinajstić information content (AvgIpc) is 2.99. The first-order valence-electron chi connectivity index (χ1n) is 13.8. The summed E-state index contributed by atoms with van der Waals surface area (Å²) in [5.74, 6) is -0.914. The van der Waals surface area contributed by atoms with Gasteiger partial charge in [0.2, 0.25) is 11.8 Å². The van der Waals surface area contributed by atoms with Gasteiger partial charge in [-0.05, 0) is 66.9 Å². The Morgan fingerprint density at radius 2 is 1.47 bits per heavy atom. The third kappa shape index (κ3) is 7.96. The number of carbonyl (C=O) groups is 2. The van der Waals surface area contributed by atoms with Crippen LogP contribution in [0.1, 0.15) is 23.6 Å². The number of nitrogens with zero attached hydrogens (tertiary/aromatic N) is 2. The number of aryl methyl sites for hydroxylation is 1. The van der Waals surface area contributed by atoms with Crippen molar-refractivity contribution in [3.8, 4) is 0 Å². The number of carbonyl (C=O) groups excluding carboxylic acids is 2. The zero-order valence-electron chi connectivity index (χ0n) is 23.9. The van der Waals surface area contributed by atoms with E-state index in [0.29, 0.717) is 33.4 Å². The molecule has 1 N–H and O–H groups in total. The summed E-state index contributed by atoms with van der Waals surface area (Å²) in [5.41, 5.74) is 2.49. The molecule has 0 saturated heterocycles. The predicted molar refractivity (Wildman–Crippen MR) is 172 cm³/mol. The van der Waals surface area contributed by atoms with Gasteiger partial charge in [0.25, 0.3) is 10.0 Å². The van der Waals surface area contributed by atoms with Crippen molar-refractivity contribution in [2.75, 3.05) is 17.4 Å². The van der Waals surface area contributed by atoms with Crippen molar-refractivity contribution in [1.29, 1.82) is 0 Å². The molecule has 4 rings (SSSR count). The molecule has 1 atom stereocenters. The zero-order valence-corrected chi connectivity index (χ0v) is 26.2. The average molecular weight is 639 g/mol. The molecule has 10 heteroatoms. The maximum atomic E-state index is 14.4. The molecule has 4 aromatic rings. The van der Waals surface area contributed by atoms with E-state index in [4.69, 9.17) is 23.2 Å². The lowest BCUT2D eigenvalue weighted by atomic mass is 10.0. The van der Waals surface area contributed by atoms with Crippen molar-refractivity contribution in [3.05, 3.63) is 130 Å². The number of likely N-dealkylation sites (N-methyl/N-ethyl adjacent to an activating group) is 1. The van der Waals surface area contributed by atoms with E-state index in [1.165, 1.54) is 29.2 Å². The molecule has 2 amide bonds. The van der Waals surface area contributed by atoms with Gasteiger partial charge >= 0.3 is 0 Å². The van der Waals surface area contributed by atoms with Crippen molar-refractivity contribution in [2.45, 2.75) is 37.8 Å². The van der Waals surface area contributed by atoms with Gasteiger partial charge in [0.05, 0.1) is 10.6 Å². The minimum atomic E-state index is -4.22. The molecule has 0 bridgehead atoms. The van der Waals surface area contributed by atoms with Gasteiger partial charge in [-0.25, -0.2) is 8.42 Å². The molecule has 224 valence electrons. The molecule has 0 unspecified atom stereocenters. The van der Waals surface area contributed by atoms with E-state index in [2.05, 4.69) is 5.32 Å². The molecule has 0 spiro atoms. The Bertz CT molecular complexity index is 1670. The molecule has 0 radical (unpaired) electrons. The monoisotopic (exact) mass is 637 g/mol. The number of rotatable bonds is 12. The molecule has 0 saturated carbocycles. The lowest BCUT2D eigenvalue weighted by Crippen LogP contribution is -2.53. The first-order chi connectivity index (χ1) is 20.6. The Morgan fingerprint density at radius 1 is 0.837 bits per heavy atom. The van der Waals surface area contributed by atoms with E-state index in [1.807, 2.05) is 30.3 Å². The van der Waals surface area contributed by atoms with Crippen LogP contribution in [-0.2, 0) is 32.6 Å². The second-order valence-electron chi connectivity index (χ2n) is 9.97. The summed E-state index contributed by atoms with van der Waals surface area (Å²) in [6, 6.07) is 28.2. The van der Waals surface area contributed by atoms with Crippen molar-refractivity contribution in [1.82, 2.24) is 10.2 Å². The molecule has 4 aromatic carbocycles. The van der Waals surface area contributed by atoms with Crippen molar-refractivity contribution >= 4 is 50.7 Å². The highest BCUT2D eigenvalue weighted by Crippen LogP contribution is 2.29. The fourth-order valence-corrected chi connectivity index (χ4v) is 6.55. The number of hydrogen-bond acceptors (Lipinski definition) is 4. The second-order valence-corrected chi connectivity index (χ2v) is 12.7. The highest BCUT2D eigenvalue weighted by Gasteiger charge is 2.35. The molecule has 0 aliphatic heterocycles. The minimum absolute atomic E-state index is 0.00422. The van der Waals surface area contributed by atoms with Crippen LogP contribution in [0.2, 0.25) is 10.0 Å². The van der Waals surface area contributed by atoms with Crippen LogP contribution in [0.15, 0.2) is 108 Å². The molecular weight excluding hydrogens is 605 g/mol. The Labute approximate surface area is 263 Å². The highest BCUT2D eigenvalue weighted by molar-refractivity contribution is 7.92. The number of nitrogens with one attached hydrogen (secondary N) is 1. The Hall–Kier alpha value is -3.85. The molecule has 7 nitrogen and oxygen atoms in total. The zero-order chi connectivity index (χ0) is 31.0. The third-order valence-corrected chi connectivity index (χ3v) is 9.38. The van der Waals surface area contributed by atoms with Crippen LogP contribution in [0.3, 0.4) is 0 Å². The minimum Gasteiger partial charge on any atom is -0.355 e. The van der Waals surface area contributed by atoms with Gasteiger partial charge in [-0.1, -0.05) is 89.9 Å². The van der Waals surface area contributed by atoms with Gasteiger partial charge in [-0.3, -0.25) is 13.9 Å². The first-order valence-corrected chi connectivity index (χ1v) is 16.0.